The van der Waals surface area contributed by atoms with Gasteiger partial charge >= 0.3 is 12.1 Å². The highest BCUT2D eigenvalue weighted by molar-refractivity contribution is 7.92. The van der Waals surface area contributed by atoms with Gasteiger partial charge in [-0.05, 0) is 48.2 Å². The fraction of sp³-hybridized carbons (Fsp3) is 0.267. The number of hydrogen-bond donors (Lipinski definition) is 2. The van der Waals surface area contributed by atoms with Crippen molar-refractivity contribution in [2.24, 2.45) is 0 Å². The largest absolute Gasteiger partial charge is 0.468 e. The SMILES string of the molecule is Cc1cccc(C)c1-c1cc2nc(n1)NS(=O)(=O)c1cccc(c1)C1OC1NCC(c1ccc(C(F)(F)C(F)(F)F)cc1)O2. The van der Waals surface area contributed by atoms with E-state index in [1.54, 1.807) is 12.1 Å². The Hall–Kier alpha value is -4.14. The van der Waals surface area contributed by atoms with E-state index < -0.39 is 46.1 Å². The van der Waals surface area contributed by atoms with Gasteiger partial charge in [-0.15, -0.1) is 0 Å². The third-order valence-electron chi connectivity index (χ3n) is 7.42. The first kappa shape index (κ1) is 29.9. The fourth-order valence-corrected chi connectivity index (χ4v) is 6.10. The lowest BCUT2D eigenvalue weighted by Crippen LogP contribution is -2.33. The van der Waals surface area contributed by atoms with Crippen molar-refractivity contribution in [3.63, 3.8) is 0 Å². The van der Waals surface area contributed by atoms with Gasteiger partial charge in [-0.25, -0.2) is 18.1 Å². The number of aromatic nitrogens is 2. The van der Waals surface area contributed by atoms with E-state index in [1.165, 1.54) is 18.2 Å². The molecule has 230 valence electrons. The van der Waals surface area contributed by atoms with Crippen LogP contribution in [-0.2, 0) is 20.7 Å². The third kappa shape index (κ3) is 5.72. The number of epoxide rings is 1. The highest BCUT2D eigenvalue weighted by atomic mass is 32.2. The van der Waals surface area contributed by atoms with E-state index in [9.17, 15) is 30.4 Å². The van der Waals surface area contributed by atoms with Gasteiger partial charge in [-0.1, -0.05) is 54.6 Å². The monoisotopic (exact) mass is 632 g/mol. The van der Waals surface area contributed by atoms with Gasteiger partial charge in [0, 0.05) is 23.7 Å². The molecule has 0 aliphatic carbocycles. The van der Waals surface area contributed by atoms with Gasteiger partial charge in [-0.3, -0.25) is 5.32 Å². The zero-order valence-electron chi connectivity index (χ0n) is 23.2. The van der Waals surface area contributed by atoms with E-state index in [0.717, 1.165) is 23.3 Å². The van der Waals surface area contributed by atoms with Crippen LogP contribution in [0.3, 0.4) is 0 Å². The number of nitrogens with zero attached hydrogens (tertiary/aromatic N) is 2. The Kier molecular flexibility index (Phi) is 7.33. The van der Waals surface area contributed by atoms with E-state index in [-0.39, 0.29) is 28.8 Å². The summed E-state index contributed by atoms with van der Waals surface area (Å²) in [7, 11) is -4.16. The molecule has 3 atom stereocenters. The van der Waals surface area contributed by atoms with Crippen LogP contribution in [0.15, 0.2) is 77.7 Å². The second kappa shape index (κ2) is 10.8. The highest BCUT2D eigenvalue weighted by Crippen LogP contribution is 2.44. The average Bonchev–Trinajstić information content (AvgIpc) is 3.74. The van der Waals surface area contributed by atoms with Gasteiger partial charge in [0.15, 0.2) is 0 Å². The number of rotatable bonds is 3. The van der Waals surface area contributed by atoms with E-state index >= 15 is 0 Å². The molecule has 0 radical (unpaired) electrons. The van der Waals surface area contributed by atoms with Crippen molar-refractivity contribution in [1.82, 2.24) is 15.3 Å². The number of fused-ring (bicyclic) bond motifs is 6. The summed E-state index contributed by atoms with van der Waals surface area (Å²) < 4.78 is 108. The van der Waals surface area contributed by atoms with Crippen molar-refractivity contribution in [2.45, 2.75) is 49.3 Å². The number of nitrogens with one attached hydrogen (secondary N) is 2. The number of alkyl halides is 5. The van der Waals surface area contributed by atoms with Crippen LogP contribution in [0.2, 0.25) is 0 Å². The maximum absolute atomic E-state index is 14.0. The topological polar surface area (TPSA) is 106 Å². The van der Waals surface area contributed by atoms with Crippen LogP contribution in [0.1, 0.15) is 40.0 Å². The van der Waals surface area contributed by atoms with Crippen molar-refractivity contribution in [3.05, 3.63) is 101 Å². The Balaban J connectivity index is 1.45. The molecule has 2 aliphatic rings. The molecule has 1 saturated heterocycles. The van der Waals surface area contributed by atoms with Crippen LogP contribution in [0.25, 0.3) is 11.3 Å². The Morgan fingerprint density at radius 3 is 2.23 bits per heavy atom. The quantitative estimate of drug-likeness (QED) is 0.201. The average molecular weight is 633 g/mol. The smallest absolute Gasteiger partial charge is 0.458 e. The van der Waals surface area contributed by atoms with Gasteiger partial charge in [-0.2, -0.15) is 26.9 Å². The maximum atomic E-state index is 14.0. The number of hydrogen-bond acceptors (Lipinski definition) is 7. The molecular weight excluding hydrogens is 607 g/mol. The van der Waals surface area contributed by atoms with Crippen LogP contribution in [0.5, 0.6) is 5.88 Å². The summed E-state index contributed by atoms with van der Waals surface area (Å²) >= 11 is 0. The molecule has 44 heavy (non-hydrogen) atoms. The Bertz CT molecular complexity index is 1810. The predicted octanol–water partition coefficient (Wildman–Crippen LogP) is 6.34. The zero-order chi connectivity index (χ0) is 31.4. The van der Waals surface area contributed by atoms with Gasteiger partial charge in [0.2, 0.25) is 11.8 Å². The van der Waals surface area contributed by atoms with Crippen molar-refractivity contribution in [1.29, 1.82) is 0 Å². The molecule has 1 aromatic heterocycles. The number of benzene rings is 3. The first-order chi connectivity index (χ1) is 20.7. The Morgan fingerprint density at radius 1 is 0.864 bits per heavy atom. The van der Waals surface area contributed by atoms with Gasteiger partial charge < -0.3 is 9.47 Å². The number of anilines is 1. The van der Waals surface area contributed by atoms with Crippen LogP contribution >= 0.6 is 0 Å². The molecule has 3 heterocycles. The summed E-state index contributed by atoms with van der Waals surface area (Å²) in [5.41, 5.74) is 2.39. The minimum Gasteiger partial charge on any atom is -0.468 e. The zero-order valence-corrected chi connectivity index (χ0v) is 24.0. The maximum Gasteiger partial charge on any atom is 0.458 e. The minimum absolute atomic E-state index is 0.0292. The van der Waals surface area contributed by atoms with Crippen LogP contribution in [-0.4, -0.2) is 37.3 Å². The Labute approximate surface area is 249 Å². The van der Waals surface area contributed by atoms with Crippen molar-refractivity contribution in [2.75, 3.05) is 11.3 Å². The third-order valence-corrected chi connectivity index (χ3v) is 8.75. The van der Waals surface area contributed by atoms with Gasteiger partial charge in [0.25, 0.3) is 10.0 Å². The molecule has 4 aromatic rings. The van der Waals surface area contributed by atoms with Crippen molar-refractivity contribution in [3.8, 4) is 17.1 Å². The molecule has 14 heteroatoms. The highest BCUT2D eigenvalue weighted by Gasteiger charge is 2.58. The standard InChI is InChI=1S/C30H25F5N4O4S/c1-16-5-3-6-17(2)25(16)22-14-24-38-28(37-22)39-44(40,41)21-8-4-7-19(13-21)26-27(43-26)36-15-23(42-24)18-9-11-20(12-10-18)29(31,32)30(33,34)35/h3-14,23,26-27,36H,15H2,1-2H3,(H,37,38,39). The molecule has 2 N–H and O–H groups in total. The molecule has 8 nitrogen and oxygen atoms in total. The molecular formula is C30H25F5N4O4S. The second-order valence-corrected chi connectivity index (χ2v) is 12.2. The normalized spacial score (nSPS) is 21.3. The fourth-order valence-electron chi connectivity index (χ4n) is 5.10. The molecule has 0 amide bonds. The summed E-state index contributed by atoms with van der Waals surface area (Å²) in [5, 5.41) is 3.15. The first-order valence-corrected chi connectivity index (χ1v) is 14.9. The summed E-state index contributed by atoms with van der Waals surface area (Å²) in [5.74, 6) is -5.39. The first-order valence-electron chi connectivity index (χ1n) is 13.4. The lowest BCUT2D eigenvalue weighted by Gasteiger charge is -2.23. The van der Waals surface area contributed by atoms with Crippen molar-refractivity contribution >= 4 is 16.0 Å². The molecule has 6 rings (SSSR count). The van der Waals surface area contributed by atoms with E-state index in [0.29, 0.717) is 29.0 Å². The number of aryl methyl sites for hydroxylation is 2. The van der Waals surface area contributed by atoms with Crippen LogP contribution in [0.4, 0.5) is 27.9 Å². The summed E-state index contributed by atoms with van der Waals surface area (Å²) in [6.07, 6.45) is -7.74. The molecule has 1 fully saturated rings. The lowest BCUT2D eigenvalue weighted by molar-refractivity contribution is -0.289. The van der Waals surface area contributed by atoms with Crippen LogP contribution < -0.4 is 14.8 Å². The van der Waals surface area contributed by atoms with Gasteiger partial charge in [0.1, 0.15) is 18.4 Å². The number of ether oxygens (including phenoxy) is 2. The predicted molar refractivity (Wildman–Crippen MR) is 150 cm³/mol. The second-order valence-electron chi connectivity index (χ2n) is 10.5. The lowest BCUT2D eigenvalue weighted by atomic mass is 10.00. The van der Waals surface area contributed by atoms with Gasteiger partial charge in [0.05, 0.1) is 10.6 Å². The number of halogens is 5. The minimum atomic E-state index is -5.76. The molecule has 0 spiro atoms. The Morgan fingerprint density at radius 2 is 1.55 bits per heavy atom. The summed E-state index contributed by atoms with van der Waals surface area (Å²) in [6, 6.07) is 16.9. The summed E-state index contributed by atoms with van der Waals surface area (Å²) in [4.78, 5) is 8.73. The summed E-state index contributed by atoms with van der Waals surface area (Å²) in [6.45, 7) is 3.77. The molecule has 4 bridgehead atoms. The molecule has 3 aromatic carbocycles. The molecule has 0 saturated carbocycles. The van der Waals surface area contributed by atoms with Crippen LogP contribution in [0, 0.1) is 13.8 Å². The van der Waals surface area contributed by atoms with E-state index in [4.69, 9.17) is 9.47 Å². The van der Waals surface area contributed by atoms with E-state index in [1.807, 2.05) is 32.0 Å². The molecule has 3 unspecified atom stereocenters. The molecule has 2 aliphatic heterocycles. The number of sulfonamides is 1. The van der Waals surface area contributed by atoms with Crippen molar-refractivity contribution < 1.29 is 39.8 Å². The van der Waals surface area contributed by atoms with E-state index in [2.05, 4.69) is 20.0 Å².